The van der Waals surface area contributed by atoms with Gasteiger partial charge >= 0.3 is 0 Å². The van der Waals surface area contributed by atoms with Crippen molar-refractivity contribution in [2.24, 2.45) is 12.8 Å². The molecule has 3 aromatic rings. The van der Waals surface area contributed by atoms with Crippen molar-refractivity contribution in [1.82, 2.24) is 9.55 Å². The van der Waals surface area contributed by atoms with Gasteiger partial charge in [-0.15, -0.1) is 12.4 Å². The molecule has 4 rings (SSSR count). The normalized spacial score (nSPS) is 14.0. The molecular formula is C21H25ClN6O. The summed E-state index contributed by atoms with van der Waals surface area (Å²) in [6, 6.07) is 13.5. The standard InChI is InChI=1S/C21H24N6O.ClH/c1-26-18-10-9-16(27-11-3-2-4-20(27)28)12-17(18)25-19(26)13-24-15-7-5-14(6-8-15)21(22)23;/h5-10,12,24H,2-4,11,13H2,1H3,(H3,22,23);1H. The summed E-state index contributed by atoms with van der Waals surface area (Å²) in [6.45, 7) is 1.35. The first-order chi connectivity index (χ1) is 13.5. The van der Waals surface area contributed by atoms with Gasteiger partial charge in [0.1, 0.15) is 11.7 Å². The van der Waals surface area contributed by atoms with Crippen molar-refractivity contribution in [3.63, 3.8) is 0 Å². The van der Waals surface area contributed by atoms with Crippen molar-refractivity contribution in [3.8, 4) is 0 Å². The quantitative estimate of drug-likeness (QED) is 0.441. The van der Waals surface area contributed by atoms with Crippen molar-refractivity contribution >= 4 is 46.6 Å². The van der Waals surface area contributed by atoms with Gasteiger partial charge in [-0.1, -0.05) is 0 Å². The van der Waals surface area contributed by atoms with Crippen molar-refractivity contribution in [3.05, 3.63) is 53.9 Å². The molecule has 0 bridgehead atoms. The SMILES string of the molecule is Cl.Cn1c(CNc2ccc(C(=N)N)cc2)nc2cc(N3CCCCC3=O)ccc21. The monoisotopic (exact) mass is 412 g/mol. The summed E-state index contributed by atoms with van der Waals surface area (Å²) < 4.78 is 2.06. The van der Waals surface area contributed by atoms with Crippen LogP contribution in [0.15, 0.2) is 42.5 Å². The lowest BCUT2D eigenvalue weighted by Crippen LogP contribution is -2.35. The van der Waals surface area contributed by atoms with E-state index in [1.165, 1.54) is 0 Å². The van der Waals surface area contributed by atoms with Crippen LogP contribution in [0.4, 0.5) is 11.4 Å². The molecule has 0 saturated carbocycles. The Labute approximate surface area is 175 Å². The number of amides is 1. The number of nitrogen functional groups attached to an aromatic ring is 1. The molecule has 1 amide bonds. The number of imidazole rings is 1. The first-order valence-electron chi connectivity index (χ1n) is 9.47. The summed E-state index contributed by atoms with van der Waals surface area (Å²) in [5, 5.41) is 10.8. The van der Waals surface area contributed by atoms with Crippen LogP contribution in [0.25, 0.3) is 11.0 Å². The summed E-state index contributed by atoms with van der Waals surface area (Å²) in [5.41, 5.74) is 9.99. The lowest BCUT2D eigenvalue weighted by Gasteiger charge is -2.26. The van der Waals surface area contributed by atoms with E-state index in [9.17, 15) is 4.79 Å². The fourth-order valence-corrected chi connectivity index (χ4v) is 3.59. The number of hydrogen-bond acceptors (Lipinski definition) is 4. The predicted molar refractivity (Wildman–Crippen MR) is 119 cm³/mol. The van der Waals surface area contributed by atoms with Gasteiger partial charge in [-0.3, -0.25) is 10.2 Å². The van der Waals surface area contributed by atoms with Gasteiger partial charge in [0.2, 0.25) is 5.91 Å². The average molecular weight is 413 g/mol. The number of amidine groups is 1. The maximum atomic E-state index is 12.2. The van der Waals surface area contributed by atoms with E-state index in [0.29, 0.717) is 18.5 Å². The first-order valence-corrected chi connectivity index (χ1v) is 9.47. The molecule has 4 N–H and O–H groups in total. The van der Waals surface area contributed by atoms with Gasteiger partial charge in [-0.2, -0.15) is 0 Å². The van der Waals surface area contributed by atoms with Crippen molar-refractivity contribution in [1.29, 1.82) is 5.41 Å². The molecule has 1 fully saturated rings. The second-order valence-corrected chi connectivity index (χ2v) is 7.11. The first kappa shape index (κ1) is 20.7. The van der Waals surface area contributed by atoms with Crippen molar-refractivity contribution < 1.29 is 4.79 Å². The number of rotatable bonds is 5. The molecule has 0 unspecified atom stereocenters. The van der Waals surface area contributed by atoms with E-state index in [0.717, 1.165) is 47.6 Å². The molecule has 8 heteroatoms. The number of carbonyl (C=O) groups is 1. The largest absolute Gasteiger partial charge is 0.384 e. The van der Waals surface area contributed by atoms with Crippen LogP contribution < -0.4 is 16.0 Å². The van der Waals surface area contributed by atoms with Gasteiger partial charge < -0.3 is 20.5 Å². The van der Waals surface area contributed by atoms with Gasteiger partial charge in [0.15, 0.2) is 0 Å². The van der Waals surface area contributed by atoms with Crippen LogP contribution >= 0.6 is 12.4 Å². The molecule has 0 atom stereocenters. The molecule has 2 aromatic carbocycles. The van der Waals surface area contributed by atoms with Crippen LogP contribution in [0.2, 0.25) is 0 Å². The minimum Gasteiger partial charge on any atom is -0.384 e. The summed E-state index contributed by atoms with van der Waals surface area (Å²) in [7, 11) is 2.00. The molecule has 1 saturated heterocycles. The Balaban J connectivity index is 0.00000240. The van der Waals surface area contributed by atoms with E-state index >= 15 is 0 Å². The van der Waals surface area contributed by atoms with Gasteiger partial charge in [-0.25, -0.2) is 4.98 Å². The smallest absolute Gasteiger partial charge is 0.226 e. The van der Waals surface area contributed by atoms with Gasteiger partial charge in [-0.05, 0) is 55.3 Å². The van der Waals surface area contributed by atoms with Crippen molar-refractivity contribution in [2.75, 3.05) is 16.8 Å². The molecule has 1 aliphatic rings. The summed E-state index contributed by atoms with van der Waals surface area (Å²) in [5.74, 6) is 1.16. The third kappa shape index (κ3) is 4.19. The number of aromatic nitrogens is 2. The van der Waals surface area contributed by atoms with Crippen LogP contribution in [0.3, 0.4) is 0 Å². The molecule has 0 radical (unpaired) electrons. The third-order valence-electron chi connectivity index (χ3n) is 5.24. The minimum absolute atomic E-state index is 0. The van der Waals surface area contributed by atoms with Crippen LogP contribution in [-0.4, -0.2) is 27.8 Å². The van der Waals surface area contributed by atoms with E-state index in [1.807, 2.05) is 54.4 Å². The highest BCUT2D eigenvalue weighted by atomic mass is 35.5. The molecule has 152 valence electrons. The Morgan fingerprint density at radius 2 is 1.97 bits per heavy atom. The number of nitrogens with two attached hydrogens (primary N) is 1. The molecule has 1 aliphatic heterocycles. The fourth-order valence-electron chi connectivity index (χ4n) is 3.59. The Hall–Kier alpha value is -3.06. The van der Waals surface area contributed by atoms with Gasteiger partial charge in [0.25, 0.3) is 0 Å². The zero-order valence-electron chi connectivity index (χ0n) is 16.3. The number of aryl methyl sites for hydroxylation is 1. The number of anilines is 2. The fraction of sp³-hybridized carbons (Fsp3) is 0.286. The molecule has 7 nitrogen and oxygen atoms in total. The predicted octanol–water partition coefficient (Wildman–Crippen LogP) is 3.41. The Morgan fingerprint density at radius 3 is 2.66 bits per heavy atom. The summed E-state index contributed by atoms with van der Waals surface area (Å²) >= 11 is 0. The molecule has 0 spiro atoms. The number of halogens is 1. The molecule has 1 aromatic heterocycles. The Bertz CT molecular complexity index is 1040. The second kappa shape index (κ2) is 8.53. The zero-order valence-corrected chi connectivity index (χ0v) is 17.1. The number of fused-ring (bicyclic) bond motifs is 1. The highest BCUT2D eigenvalue weighted by Gasteiger charge is 2.20. The number of benzene rings is 2. The van der Waals surface area contributed by atoms with Gasteiger partial charge in [0.05, 0.1) is 17.6 Å². The molecule has 29 heavy (non-hydrogen) atoms. The van der Waals surface area contributed by atoms with E-state index < -0.39 is 0 Å². The van der Waals surface area contributed by atoms with Gasteiger partial charge in [0, 0.05) is 37.0 Å². The molecule has 0 aliphatic carbocycles. The summed E-state index contributed by atoms with van der Waals surface area (Å²) in [4.78, 5) is 18.8. The van der Waals surface area contributed by atoms with E-state index in [2.05, 4.69) is 9.88 Å². The third-order valence-corrected chi connectivity index (χ3v) is 5.24. The van der Waals surface area contributed by atoms with Crippen LogP contribution in [0.5, 0.6) is 0 Å². The number of piperidine rings is 1. The molecular weight excluding hydrogens is 388 g/mol. The Kier molecular flexibility index (Phi) is 6.08. The lowest BCUT2D eigenvalue weighted by molar-refractivity contribution is -0.119. The maximum Gasteiger partial charge on any atom is 0.226 e. The number of carbonyl (C=O) groups excluding carboxylic acids is 1. The number of nitrogens with zero attached hydrogens (tertiary/aromatic N) is 3. The van der Waals surface area contributed by atoms with Crippen LogP contribution in [0, 0.1) is 5.41 Å². The Morgan fingerprint density at radius 1 is 1.21 bits per heavy atom. The average Bonchev–Trinajstić information content (AvgIpc) is 3.02. The number of nitrogens with one attached hydrogen (secondary N) is 2. The topological polar surface area (TPSA) is 100 Å². The van der Waals surface area contributed by atoms with Crippen LogP contribution in [0.1, 0.15) is 30.7 Å². The second-order valence-electron chi connectivity index (χ2n) is 7.11. The minimum atomic E-state index is 0. The van der Waals surface area contributed by atoms with E-state index in [1.54, 1.807) is 0 Å². The summed E-state index contributed by atoms with van der Waals surface area (Å²) in [6.07, 6.45) is 2.64. The highest BCUT2D eigenvalue weighted by Crippen LogP contribution is 2.26. The maximum absolute atomic E-state index is 12.2. The molecule has 2 heterocycles. The van der Waals surface area contributed by atoms with Crippen molar-refractivity contribution in [2.45, 2.75) is 25.8 Å². The lowest BCUT2D eigenvalue weighted by atomic mass is 10.1. The van der Waals surface area contributed by atoms with Crippen LogP contribution in [-0.2, 0) is 18.4 Å². The van der Waals surface area contributed by atoms with E-state index in [4.69, 9.17) is 16.1 Å². The van der Waals surface area contributed by atoms with E-state index in [-0.39, 0.29) is 24.1 Å². The highest BCUT2D eigenvalue weighted by molar-refractivity contribution is 5.96. The number of hydrogen-bond donors (Lipinski definition) is 3. The zero-order chi connectivity index (χ0) is 19.7.